The lowest BCUT2D eigenvalue weighted by atomic mass is 10.1. The number of ether oxygens (including phenoxy) is 1. The fourth-order valence-electron chi connectivity index (χ4n) is 2.63. The summed E-state index contributed by atoms with van der Waals surface area (Å²) in [5.41, 5.74) is 1.62. The molecule has 3 aromatic rings. The molecule has 0 saturated heterocycles. The number of benzene rings is 3. The Balaban J connectivity index is 1.68. The average Bonchev–Trinajstić information content (AvgIpc) is 2.73. The Morgan fingerprint density at radius 2 is 1.61 bits per heavy atom. The Morgan fingerprint density at radius 3 is 2.36 bits per heavy atom. The van der Waals surface area contributed by atoms with E-state index in [9.17, 15) is 14.0 Å². The van der Waals surface area contributed by atoms with Gasteiger partial charge in [-0.25, -0.2) is 4.39 Å². The van der Waals surface area contributed by atoms with E-state index in [1.165, 1.54) is 12.1 Å². The predicted molar refractivity (Wildman–Crippen MR) is 105 cm³/mol. The zero-order valence-electron chi connectivity index (χ0n) is 15.2. The lowest BCUT2D eigenvalue weighted by molar-refractivity contribution is 0.0950. The smallest absolute Gasteiger partial charge is 0.255 e. The van der Waals surface area contributed by atoms with Crippen LogP contribution in [-0.4, -0.2) is 18.9 Å². The maximum atomic E-state index is 13.7. The van der Waals surface area contributed by atoms with Gasteiger partial charge in [-0.1, -0.05) is 30.3 Å². The molecule has 0 heterocycles. The van der Waals surface area contributed by atoms with E-state index < -0.39 is 0 Å². The molecule has 2 N–H and O–H groups in total. The van der Waals surface area contributed by atoms with Crippen molar-refractivity contribution >= 4 is 17.5 Å². The predicted octanol–water partition coefficient (Wildman–Crippen LogP) is 4.02. The first kappa shape index (κ1) is 19.1. The zero-order valence-corrected chi connectivity index (χ0v) is 15.2. The van der Waals surface area contributed by atoms with Gasteiger partial charge in [-0.3, -0.25) is 9.59 Å². The molecule has 3 rings (SSSR count). The maximum absolute atomic E-state index is 13.7. The molecular weight excluding hydrogens is 359 g/mol. The van der Waals surface area contributed by atoms with Gasteiger partial charge in [0, 0.05) is 35.0 Å². The molecule has 0 atom stereocenters. The van der Waals surface area contributed by atoms with E-state index >= 15 is 0 Å². The van der Waals surface area contributed by atoms with Crippen molar-refractivity contribution in [1.29, 1.82) is 0 Å². The number of methoxy groups -OCH3 is 1. The zero-order chi connectivity index (χ0) is 19.9. The number of carbonyl (C=O) groups is 2. The van der Waals surface area contributed by atoms with E-state index in [0.29, 0.717) is 28.1 Å². The molecular formula is C22H19FN2O3. The van der Waals surface area contributed by atoms with Crippen LogP contribution in [0.2, 0.25) is 0 Å². The maximum Gasteiger partial charge on any atom is 0.255 e. The summed E-state index contributed by atoms with van der Waals surface area (Å²) < 4.78 is 18.8. The first-order valence-corrected chi connectivity index (χ1v) is 8.64. The molecule has 3 aromatic carbocycles. The van der Waals surface area contributed by atoms with Crippen LogP contribution >= 0.6 is 0 Å². The van der Waals surface area contributed by atoms with Gasteiger partial charge >= 0.3 is 0 Å². The Hall–Kier alpha value is -3.67. The Labute approximate surface area is 162 Å². The molecule has 28 heavy (non-hydrogen) atoms. The highest BCUT2D eigenvalue weighted by molar-refractivity contribution is 6.06. The molecule has 0 spiro atoms. The first-order chi connectivity index (χ1) is 13.6. The summed E-state index contributed by atoms with van der Waals surface area (Å²) >= 11 is 0. The van der Waals surface area contributed by atoms with Crippen LogP contribution in [0.15, 0.2) is 72.8 Å². The van der Waals surface area contributed by atoms with Crippen molar-refractivity contribution in [2.45, 2.75) is 6.54 Å². The molecule has 0 radical (unpaired) electrons. The number of anilines is 1. The van der Waals surface area contributed by atoms with Crippen LogP contribution in [0.5, 0.6) is 5.75 Å². The Morgan fingerprint density at radius 1 is 0.893 bits per heavy atom. The lowest BCUT2D eigenvalue weighted by Crippen LogP contribution is -2.24. The van der Waals surface area contributed by atoms with Crippen LogP contribution in [0.1, 0.15) is 26.3 Å². The number of hydrogen-bond donors (Lipinski definition) is 2. The molecule has 0 bridgehead atoms. The second-order valence-electron chi connectivity index (χ2n) is 6.04. The SMILES string of the molecule is COc1cccc(NC(=O)c2cccc(C(=O)NCc3ccccc3F)c2)c1. The van der Waals surface area contributed by atoms with E-state index in [0.717, 1.165) is 0 Å². The van der Waals surface area contributed by atoms with Crippen molar-refractivity contribution in [2.75, 3.05) is 12.4 Å². The fourth-order valence-corrected chi connectivity index (χ4v) is 2.63. The summed E-state index contributed by atoms with van der Waals surface area (Å²) in [6.07, 6.45) is 0. The van der Waals surface area contributed by atoms with Gasteiger partial charge in [0.05, 0.1) is 7.11 Å². The number of nitrogens with one attached hydrogen (secondary N) is 2. The van der Waals surface area contributed by atoms with E-state index in [-0.39, 0.29) is 24.2 Å². The van der Waals surface area contributed by atoms with Gasteiger partial charge in [-0.05, 0) is 36.4 Å². The molecule has 0 aliphatic carbocycles. The normalized spacial score (nSPS) is 10.2. The number of rotatable bonds is 6. The number of hydrogen-bond acceptors (Lipinski definition) is 3. The van der Waals surface area contributed by atoms with E-state index in [1.807, 2.05) is 0 Å². The average molecular weight is 378 g/mol. The fraction of sp³-hybridized carbons (Fsp3) is 0.0909. The van der Waals surface area contributed by atoms with Crippen LogP contribution < -0.4 is 15.4 Å². The van der Waals surface area contributed by atoms with Gasteiger partial charge in [0.2, 0.25) is 0 Å². The van der Waals surface area contributed by atoms with Gasteiger partial charge < -0.3 is 15.4 Å². The van der Waals surface area contributed by atoms with Gasteiger partial charge in [0.25, 0.3) is 11.8 Å². The number of halogens is 1. The summed E-state index contributed by atoms with van der Waals surface area (Å²) in [7, 11) is 1.55. The van der Waals surface area contributed by atoms with Crippen LogP contribution in [0.25, 0.3) is 0 Å². The van der Waals surface area contributed by atoms with Crippen molar-refractivity contribution in [3.8, 4) is 5.75 Å². The summed E-state index contributed by atoms with van der Waals surface area (Å²) in [6, 6.07) is 19.5. The van der Waals surface area contributed by atoms with Gasteiger partial charge in [-0.2, -0.15) is 0 Å². The van der Waals surface area contributed by atoms with E-state index in [1.54, 1.807) is 67.8 Å². The first-order valence-electron chi connectivity index (χ1n) is 8.64. The van der Waals surface area contributed by atoms with E-state index in [4.69, 9.17) is 4.74 Å². The van der Waals surface area contributed by atoms with Crippen LogP contribution in [0.3, 0.4) is 0 Å². The molecule has 0 aromatic heterocycles. The minimum Gasteiger partial charge on any atom is -0.497 e. The van der Waals surface area contributed by atoms with Crippen LogP contribution in [0, 0.1) is 5.82 Å². The van der Waals surface area contributed by atoms with Crippen molar-refractivity contribution in [3.63, 3.8) is 0 Å². The summed E-state index contributed by atoms with van der Waals surface area (Å²) in [5.74, 6) is -0.496. The molecule has 142 valence electrons. The highest BCUT2D eigenvalue weighted by atomic mass is 19.1. The number of carbonyl (C=O) groups excluding carboxylic acids is 2. The Kier molecular flexibility index (Phi) is 6.01. The summed E-state index contributed by atoms with van der Waals surface area (Å²) in [4.78, 5) is 24.8. The largest absolute Gasteiger partial charge is 0.497 e. The van der Waals surface area contributed by atoms with E-state index in [2.05, 4.69) is 10.6 Å². The molecule has 0 unspecified atom stereocenters. The van der Waals surface area contributed by atoms with Crippen molar-refractivity contribution in [2.24, 2.45) is 0 Å². The highest BCUT2D eigenvalue weighted by Gasteiger charge is 2.12. The summed E-state index contributed by atoms with van der Waals surface area (Å²) in [6.45, 7) is 0.0613. The second-order valence-corrected chi connectivity index (χ2v) is 6.04. The summed E-state index contributed by atoms with van der Waals surface area (Å²) in [5, 5.41) is 5.42. The minimum absolute atomic E-state index is 0.0613. The van der Waals surface area contributed by atoms with Gasteiger partial charge in [0.1, 0.15) is 11.6 Å². The topological polar surface area (TPSA) is 67.4 Å². The lowest BCUT2D eigenvalue weighted by Gasteiger charge is -2.09. The highest BCUT2D eigenvalue weighted by Crippen LogP contribution is 2.18. The van der Waals surface area contributed by atoms with Gasteiger partial charge in [0.15, 0.2) is 0 Å². The molecule has 5 nitrogen and oxygen atoms in total. The molecule has 0 fully saturated rings. The third kappa shape index (κ3) is 4.73. The standard InChI is InChI=1S/C22H19FN2O3/c1-28-19-10-5-9-18(13-19)25-22(27)16-8-4-7-15(12-16)21(26)24-14-17-6-2-3-11-20(17)23/h2-13H,14H2,1H3,(H,24,26)(H,25,27). The molecule has 0 saturated carbocycles. The quantitative estimate of drug-likeness (QED) is 0.681. The third-order valence-electron chi connectivity index (χ3n) is 4.11. The second kappa shape index (κ2) is 8.81. The van der Waals surface area contributed by atoms with Crippen LogP contribution in [0.4, 0.5) is 10.1 Å². The van der Waals surface area contributed by atoms with Crippen molar-refractivity contribution in [3.05, 3.63) is 95.3 Å². The minimum atomic E-state index is -0.390. The molecule has 2 amide bonds. The molecule has 6 heteroatoms. The molecule has 0 aliphatic heterocycles. The Bertz CT molecular complexity index is 1000. The monoisotopic (exact) mass is 378 g/mol. The van der Waals surface area contributed by atoms with Crippen molar-refractivity contribution < 1.29 is 18.7 Å². The third-order valence-corrected chi connectivity index (χ3v) is 4.11. The molecule has 0 aliphatic rings. The van der Waals surface area contributed by atoms with Crippen LogP contribution in [-0.2, 0) is 6.54 Å². The van der Waals surface area contributed by atoms with Crippen molar-refractivity contribution in [1.82, 2.24) is 5.32 Å². The number of amides is 2. The van der Waals surface area contributed by atoms with Gasteiger partial charge in [-0.15, -0.1) is 0 Å².